The summed E-state index contributed by atoms with van der Waals surface area (Å²) >= 11 is 0. The average Bonchev–Trinajstić information content (AvgIpc) is 3.07. The monoisotopic (exact) mass is 701 g/mol. The smallest absolute Gasteiger partial charge is 0.324 e. The van der Waals surface area contributed by atoms with E-state index in [0.717, 1.165) is 11.1 Å². The van der Waals surface area contributed by atoms with Gasteiger partial charge >= 0.3 is 18.0 Å². The Balaban J connectivity index is 1.49. The van der Waals surface area contributed by atoms with Gasteiger partial charge in [0.15, 0.2) is 12.4 Å². The third kappa shape index (κ3) is 9.74. The summed E-state index contributed by atoms with van der Waals surface area (Å²) in [5, 5.41) is 0. The van der Waals surface area contributed by atoms with E-state index in [-0.39, 0.29) is 37.8 Å². The molecule has 12 heteroatoms. The third-order valence-electron chi connectivity index (χ3n) is 8.96. The number of ether oxygens (including phenoxy) is 9. The average molecular weight is 702 g/mol. The summed E-state index contributed by atoms with van der Waals surface area (Å²) in [5.41, 5.74) is 1.93. The summed E-state index contributed by atoms with van der Waals surface area (Å²) in [4.78, 5) is 24.7. The number of fused-ring (bicyclic) bond motifs is 1. The van der Waals surface area contributed by atoms with Crippen LogP contribution >= 0.6 is 7.55 Å². The van der Waals surface area contributed by atoms with Gasteiger partial charge < -0.3 is 42.6 Å². The highest BCUT2D eigenvalue weighted by Crippen LogP contribution is 2.41. The zero-order valence-electron chi connectivity index (χ0n) is 29.2. The van der Waals surface area contributed by atoms with Crippen LogP contribution in [-0.4, -0.2) is 99.3 Å². The molecule has 268 valence electrons. The van der Waals surface area contributed by atoms with Gasteiger partial charge in [-0.2, -0.15) is 0 Å². The summed E-state index contributed by atoms with van der Waals surface area (Å²) in [6.45, 7) is 11.6. The highest BCUT2D eigenvalue weighted by atomic mass is 31.1. The molecule has 11 nitrogen and oxygen atoms in total. The van der Waals surface area contributed by atoms with E-state index in [0.29, 0.717) is 6.61 Å². The van der Waals surface area contributed by atoms with Crippen LogP contribution < -0.4 is 0 Å². The third-order valence-corrected chi connectivity index (χ3v) is 9.95. The molecule has 3 fully saturated rings. The Bertz CT molecular complexity index is 1370. The van der Waals surface area contributed by atoms with Gasteiger partial charge in [0.05, 0.1) is 38.3 Å². The van der Waals surface area contributed by atoms with E-state index in [2.05, 4.69) is 27.1 Å². The van der Waals surface area contributed by atoms with E-state index < -0.39 is 74.5 Å². The van der Waals surface area contributed by atoms with E-state index in [1.165, 1.54) is 13.8 Å². The van der Waals surface area contributed by atoms with Crippen LogP contribution in [0.4, 0.5) is 0 Å². The molecule has 3 aliphatic heterocycles. The Hall–Kier alpha value is -2.73. The number of hydrogen-bond donors (Lipinski definition) is 0. The molecule has 2 aromatic carbocycles. The van der Waals surface area contributed by atoms with Crippen LogP contribution in [0.15, 0.2) is 60.7 Å². The highest BCUT2D eigenvalue weighted by Gasteiger charge is 2.56. The molecule has 3 heterocycles. The van der Waals surface area contributed by atoms with Crippen molar-refractivity contribution in [3.63, 3.8) is 0 Å². The minimum absolute atomic E-state index is 0.0659. The molecule has 0 amide bonds. The SMILES string of the molecule is C=[P+](C)C1OCC2OC(OC3C(COC(C)=O)OC(C(C)C)C(C)C3OCc3ccccc3)C(OC(C)=O)C(OCc3ccccc3)C2O1. The molecule has 0 aromatic heterocycles. The fourth-order valence-corrected chi connectivity index (χ4v) is 7.36. The van der Waals surface area contributed by atoms with Gasteiger partial charge in [-0.25, -0.2) is 0 Å². The Kier molecular flexibility index (Phi) is 13.4. The molecular weight excluding hydrogens is 651 g/mol. The molecule has 0 aliphatic carbocycles. The second-order valence-corrected chi connectivity index (χ2v) is 15.2. The molecule has 0 saturated carbocycles. The molecule has 5 rings (SSSR count). The van der Waals surface area contributed by atoms with Gasteiger partial charge in [-0.05, 0) is 17.0 Å². The van der Waals surface area contributed by atoms with Gasteiger partial charge in [-0.1, -0.05) is 81.4 Å². The van der Waals surface area contributed by atoms with Crippen LogP contribution in [0.2, 0.25) is 0 Å². The fourth-order valence-electron chi connectivity index (χ4n) is 6.67. The summed E-state index contributed by atoms with van der Waals surface area (Å²) in [5.74, 6) is -0.968. The van der Waals surface area contributed by atoms with Gasteiger partial charge in [0.25, 0.3) is 0 Å². The second kappa shape index (κ2) is 17.5. The van der Waals surface area contributed by atoms with Gasteiger partial charge in [0, 0.05) is 19.8 Å². The fraction of sp³-hybridized carbons (Fsp3) is 0.595. The second-order valence-electron chi connectivity index (χ2n) is 13.3. The summed E-state index contributed by atoms with van der Waals surface area (Å²) in [6, 6.07) is 19.0. The molecule has 0 spiro atoms. The Labute approximate surface area is 290 Å². The van der Waals surface area contributed by atoms with Crippen molar-refractivity contribution in [3.8, 4) is 0 Å². The maximum absolute atomic E-state index is 12.7. The Morgan fingerprint density at radius 1 is 0.857 bits per heavy atom. The molecule has 0 N–H and O–H groups in total. The number of esters is 2. The molecule has 0 bridgehead atoms. The van der Waals surface area contributed by atoms with Crippen LogP contribution in [0, 0.1) is 11.8 Å². The minimum Gasteiger partial charge on any atom is -0.463 e. The zero-order chi connectivity index (χ0) is 35.1. The number of hydrogen-bond acceptors (Lipinski definition) is 11. The van der Waals surface area contributed by atoms with Gasteiger partial charge in [-0.15, -0.1) is 0 Å². The lowest BCUT2D eigenvalue weighted by Crippen LogP contribution is -2.66. The first-order valence-electron chi connectivity index (χ1n) is 16.9. The van der Waals surface area contributed by atoms with Gasteiger partial charge in [0.2, 0.25) is 0 Å². The summed E-state index contributed by atoms with van der Waals surface area (Å²) in [6.07, 6.45) is -2.26. The van der Waals surface area contributed by atoms with Crippen molar-refractivity contribution in [1.82, 2.24) is 0 Å². The van der Waals surface area contributed by atoms with Gasteiger partial charge in [0.1, 0.15) is 51.3 Å². The normalized spacial score (nSPS) is 33.4. The quantitative estimate of drug-likeness (QED) is 0.206. The van der Waals surface area contributed by atoms with Crippen LogP contribution in [0.5, 0.6) is 0 Å². The number of benzene rings is 2. The van der Waals surface area contributed by atoms with Crippen molar-refractivity contribution >= 4 is 25.8 Å². The van der Waals surface area contributed by atoms with E-state index in [1.54, 1.807) is 0 Å². The Morgan fingerprint density at radius 3 is 2.02 bits per heavy atom. The lowest BCUT2D eigenvalue weighted by molar-refractivity contribution is -0.373. The number of carbonyl (C=O) groups is 2. The molecule has 12 unspecified atom stereocenters. The summed E-state index contributed by atoms with van der Waals surface area (Å²) < 4.78 is 57.1. The van der Waals surface area contributed by atoms with E-state index in [4.69, 9.17) is 42.6 Å². The molecule has 12 atom stereocenters. The summed E-state index contributed by atoms with van der Waals surface area (Å²) in [7, 11) is -0.858. The highest BCUT2D eigenvalue weighted by molar-refractivity contribution is 7.55. The van der Waals surface area contributed by atoms with Crippen LogP contribution in [-0.2, 0) is 65.4 Å². The first-order chi connectivity index (χ1) is 23.5. The first-order valence-corrected chi connectivity index (χ1v) is 18.9. The lowest BCUT2D eigenvalue weighted by Gasteiger charge is -2.51. The van der Waals surface area contributed by atoms with E-state index >= 15 is 0 Å². The van der Waals surface area contributed by atoms with Crippen molar-refractivity contribution in [2.75, 3.05) is 19.9 Å². The molecule has 0 radical (unpaired) electrons. The topological polar surface area (TPSA) is 117 Å². The maximum Gasteiger partial charge on any atom is 0.324 e. The van der Waals surface area contributed by atoms with Crippen molar-refractivity contribution in [2.24, 2.45) is 11.8 Å². The largest absolute Gasteiger partial charge is 0.463 e. The van der Waals surface area contributed by atoms with Gasteiger partial charge in [-0.3, -0.25) is 9.59 Å². The van der Waals surface area contributed by atoms with Crippen LogP contribution in [0.3, 0.4) is 0 Å². The number of carbonyl (C=O) groups excluding carboxylic acids is 2. The maximum atomic E-state index is 12.7. The molecule has 49 heavy (non-hydrogen) atoms. The minimum atomic E-state index is -1.13. The predicted octanol–water partition coefficient (Wildman–Crippen LogP) is 5.06. The standard InChI is InChI=1S/C37H50O11P/c1-22(2)30-23(3)31(41-18-26-14-10-8-11-15-26)32(28(45-30)20-40-24(4)38)47-36-35(44-25(5)39)34(42-19-27-16-12-9-13-17-27)33-29(46-36)21-43-37(48-33)49(6)7/h8-17,22-23,28-37H,6,18-21H2,1-5,7H3/q+1. The zero-order valence-corrected chi connectivity index (χ0v) is 30.1. The lowest BCUT2D eigenvalue weighted by atomic mass is 9.83. The van der Waals surface area contributed by atoms with E-state index in [9.17, 15) is 9.59 Å². The van der Waals surface area contributed by atoms with E-state index in [1.807, 2.05) is 67.3 Å². The molecule has 3 aliphatic rings. The predicted molar refractivity (Wildman–Crippen MR) is 183 cm³/mol. The Morgan fingerprint density at radius 2 is 1.47 bits per heavy atom. The molecule has 2 aromatic rings. The first kappa shape index (κ1) is 37.5. The number of rotatable bonds is 13. The van der Waals surface area contributed by atoms with Crippen molar-refractivity contribution < 1.29 is 52.2 Å². The van der Waals surface area contributed by atoms with Crippen molar-refractivity contribution in [3.05, 3.63) is 71.8 Å². The van der Waals surface area contributed by atoms with Crippen LogP contribution in [0.25, 0.3) is 0 Å². The molecule has 3 saturated heterocycles. The van der Waals surface area contributed by atoms with Crippen LogP contribution in [0.1, 0.15) is 45.7 Å². The van der Waals surface area contributed by atoms with Crippen molar-refractivity contribution in [2.45, 2.75) is 109 Å². The van der Waals surface area contributed by atoms with Crippen molar-refractivity contribution in [1.29, 1.82) is 0 Å². The molecular formula is C37H50O11P+.